The van der Waals surface area contributed by atoms with E-state index in [-0.39, 0.29) is 17.8 Å². The molecule has 5 heteroatoms. The quantitative estimate of drug-likeness (QED) is 0.731. The van der Waals surface area contributed by atoms with Crippen LogP contribution in [0.5, 0.6) is 0 Å². The molecule has 1 atom stereocenters. The molecule has 0 aliphatic carbocycles. The van der Waals surface area contributed by atoms with Gasteiger partial charge in [-0.3, -0.25) is 9.59 Å². The smallest absolute Gasteiger partial charge is 0.309 e. The molecule has 0 aromatic heterocycles. The van der Waals surface area contributed by atoms with Gasteiger partial charge in [-0.2, -0.15) is 11.8 Å². The Labute approximate surface area is 112 Å². The summed E-state index contributed by atoms with van der Waals surface area (Å²) < 4.78 is 5.03. The van der Waals surface area contributed by atoms with Gasteiger partial charge in [0.15, 0.2) is 0 Å². The molecular weight excluding hydrogens is 250 g/mol. The van der Waals surface area contributed by atoms with Crippen LogP contribution in [0.4, 0.5) is 0 Å². The van der Waals surface area contributed by atoms with Crippen molar-refractivity contribution in [2.45, 2.75) is 26.2 Å². The largest absolute Gasteiger partial charge is 0.466 e. The highest BCUT2D eigenvalue weighted by Crippen LogP contribution is 2.27. The Kier molecular flexibility index (Phi) is 4.92. The van der Waals surface area contributed by atoms with Crippen LogP contribution in [0.2, 0.25) is 0 Å². The van der Waals surface area contributed by atoms with Crippen LogP contribution in [0.3, 0.4) is 0 Å². The summed E-state index contributed by atoms with van der Waals surface area (Å²) in [6.07, 6.45) is 2.52. The summed E-state index contributed by atoms with van der Waals surface area (Å²) in [7, 11) is 0. The van der Waals surface area contributed by atoms with E-state index in [2.05, 4.69) is 0 Å². The molecule has 0 radical (unpaired) electrons. The van der Waals surface area contributed by atoms with Crippen molar-refractivity contribution >= 4 is 23.6 Å². The number of piperidine rings is 1. The molecule has 1 amide bonds. The maximum atomic E-state index is 12.2. The average molecular weight is 271 g/mol. The van der Waals surface area contributed by atoms with Gasteiger partial charge in [0.2, 0.25) is 5.91 Å². The number of hydrogen-bond donors (Lipinski definition) is 0. The molecule has 2 fully saturated rings. The van der Waals surface area contributed by atoms with Crippen molar-refractivity contribution in [3.63, 3.8) is 0 Å². The molecule has 0 bridgehead atoms. The van der Waals surface area contributed by atoms with E-state index < -0.39 is 0 Å². The average Bonchev–Trinajstić information content (AvgIpc) is 2.92. The van der Waals surface area contributed by atoms with Crippen molar-refractivity contribution in [2.24, 2.45) is 11.8 Å². The van der Waals surface area contributed by atoms with Crippen molar-refractivity contribution in [1.82, 2.24) is 4.90 Å². The normalized spacial score (nSPS) is 25.2. The highest BCUT2D eigenvalue weighted by molar-refractivity contribution is 7.99. The van der Waals surface area contributed by atoms with Gasteiger partial charge in [0.05, 0.1) is 12.5 Å². The molecule has 102 valence electrons. The molecule has 2 aliphatic heterocycles. The lowest BCUT2D eigenvalue weighted by Gasteiger charge is -2.32. The Bertz CT molecular complexity index is 307. The fourth-order valence-electron chi connectivity index (χ4n) is 2.58. The molecule has 0 spiro atoms. The SMILES string of the molecule is CCOC(=O)C1CCN(C(=O)C2CCSC2)CC1. The number of likely N-dealkylation sites (tertiary alicyclic amines) is 1. The maximum absolute atomic E-state index is 12.2. The van der Waals surface area contributed by atoms with E-state index in [1.165, 1.54) is 0 Å². The standard InChI is InChI=1S/C13H21NO3S/c1-2-17-13(16)10-3-6-14(7-4-10)12(15)11-5-8-18-9-11/h10-11H,2-9H2,1H3. The molecule has 0 aromatic rings. The van der Waals surface area contributed by atoms with E-state index in [9.17, 15) is 9.59 Å². The summed E-state index contributed by atoms with van der Waals surface area (Å²) in [5.41, 5.74) is 0. The van der Waals surface area contributed by atoms with E-state index in [0.29, 0.717) is 25.6 Å². The Morgan fingerprint density at radius 2 is 1.94 bits per heavy atom. The first-order chi connectivity index (χ1) is 8.72. The minimum atomic E-state index is -0.0963. The van der Waals surface area contributed by atoms with E-state index in [1.54, 1.807) is 0 Å². The van der Waals surface area contributed by atoms with Crippen molar-refractivity contribution in [2.75, 3.05) is 31.2 Å². The van der Waals surface area contributed by atoms with Crippen molar-refractivity contribution in [1.29, 1.82) is 0 Å². The molecule has 2 aliphatic rings. The van der Waals surface area contributed by atoms with Crippen molar-refractivity contribution in [3.05, 3.63) is 0 Å². The highest BCUT2D eigenvalue weighted by atomic mass is 32.2. The van der Waals surface area contributed by atoms with Gasteiger partial charge < -0.3 is 9.64 Å². The number of rotatable bonds is 3. The van der Waals surface area contributed by atoms with Gasteiger partial charge in [-0.15, -0.1) is 0 Å². The topological polar surface area (TPSA) is 46.6 Å². The Morgan fingerprint density at radius 3 is 2.50 bits per heavy atom. The number of thioether (sulfide) groups is 1. The summed E-state index contributed by atoms with van der Waals surface area (Å²) in [5.74, 6) is 2.48. The lowest BCUT2D eigenvalue weighted by molar-refractivity contribution is -0.151. The van der Waals surface area contributed by atoms with Gasteiger partial charge in [-0.25, -0.2) is 0 Å². The molecule has 2 saturated heterocycles. The van der Waals surface area contributed by atoms with Crippen LogP contribution in [-0.4, -0.2) is 48.0 Å². The zero-order chi connectivity index (χ0) is 13.0. The van der Waals surface area contributed by atoms with Crippen LogP contribution in [-0.2, 0) is 14.3 Å². The summed E-state index contributed by atoms with van der Waals surface area (Å²) in [5, 5.41) is 0. The van der Waals surface area contributed by atoms with Gasteiger partial charge in [0.1, 0.15) is 0 Å². The van der Waals surface area contributed by atoms with Crippen LogP contribution in [0.1, 0.15) is 26.2 Å². The zero-order valence-corrected chi connectivity index (χ0v) is 11.7. The summed E-state index contributed by atoms with van der Waals surface area (Å²) >= 11 is 1.86. The highest BCUT2D eigenvalue weighted by Gasteiger charge is 2.32. The molecule has 18 heavy (non-hydrogen) atoms. The summed E-state index contributed by atoms with van der Waals surface area (Å²) in [6.45, 7) is 3.69. The second-order valence-corrected chi connectivity index (χ2v) is 6.06. The van der Waals surface area contributed by atoms with Crippen LogP contribution < -0.4 is 0 Å². The van der Waals surface area contributed by atoms with Crippen molar-refractivity contribution < 1.29 is 14.3 Å². The number of hydrogen-bond acceptors (Lipinski definition) is 4. The second-order valence-electron chi connectivity index (χ2n) is 4.91. The van der Waals surface area contributed by atoms with Gasteiger partial charge in [-0.05, 0) is 31.9 Å². The maximum Gasteiger partial charge on any atom is 0.309 e. The monoisotopic (exact) mass is 271 g/mol. The third-order valence-electron chi connectivity index (χ3n) is 3.71. The molecule has 4 nitrogen and oxygen atoms in total. The molecule has 0 saturated carbocycles. The molecule has 2 rings (SSSR count). The number of ether oxygens (including phenoxy) is 1. The minimum Gasteiger partial charge on any atom is -0.466 e. The molecule has 0 aromatic carbocycles. The van der Waals surface area contributed by atoms with Gasteiger partial charge in [0.25, 0.3) is 0 Å². The van der Waals surface area contributed by atoms with Gasteiger partial charge >= 0.3 is 5.97 Å². The number of amides is 1. The van der Waals surface area contributed by atoms with Crippen LogP contribution in [0.25, 0.3) is 0 Å². The molecule has 0 N–H and O–H groups in total. The first-order valence-electron chi connectivity index (χ1n) is 6.75. The van der Waals surface area contributed by atoms with E-state index >= 15 is 0 Å². The minimum absolute atomic E-state index is 0.00745. The fourth-order valence-corrected chi connectivity index (χ4v) is 3.79. The fraction of sp³-hybridized carbons (Fsp3) is 0.846. The predicted molar refractivity (Wildman–Crippen MR) is 71.4 cm³/mol. The summed E-state index contributed by atoms with van der Waals surface area (Å²) in [4.78, 5) is 25.7. The summed E-state index contributed by atoms with van der Waals surface area (Å²) in [6, 6.07) is 0. The van der Waals surface area contributed by atoms with Gasteiger partial charge in [0, 0.05) is 24.8 Å². The van der Waals surface area contributed by atoms with E-state index in [1.807, 2.05) is 23.6 Å². The third kappa shape index (κ3) is 3.19. The van der Waals surface area contributed by atoms with E-state index in [0.717, 1.165) is 30.8 Å². The van der Waals surface area contributed by atoms with Crippen LogP contribution in [0.15, 0.2) is 0 Å². The predicted octanol–water partition coefficient (Wildman–Crippen LogP) is 1.54. The molecular formula is C13H21NO3S. The molecule has 2 heterocycles. The van der Waals surface area contributed by atoms with E-state index in [4.69, 9.17) is 4.74 Å². The van der Waals surface area contributed by atoms with Crippen LogP contribution >= 0.6 is 11.8 Å². The third-order valence-corrected chi connectivity index (χ3v) is 4.87. The Morgan fingerprint density at radius 1 is 1.22 bits per heavy atom. The van der Waals surface area contributed by atoms with Crippen LogP contribution in [0, 0.1) is 11.8 Å². The zero-order valence-electron chi connectivity index (χ0n) is 10.9. The second kappa shape index (κ2) is 6.45. The Balaban J connectivity index is 1.79. The number of esters is 1. The lowest BCUT2D eigenvalue weighted by atomic mass is 9.95. The van der Waals surface area contributed by atoms with Gasteiger partial charge in [-0.1, -0.05) is 0 Å². The number of nitrogens with zero attached hydrogens (tertiary/aromatic N) is 1. The van der Waals surface area contributed by atoms with Crippen molar-refractivity contribution in [3.8, 4) is 0 Å². The Hall–Kier alpha value is -0.710. The first kappa shape index (κ1) is 13.7. The number of carbonyl (C=O) groups is 2. The first-order valence-corrected chi connectivity index (χ1v) is 7.91. The molecule has 1 unspecified atom stereocenters. The lowest BCUT2D eigenvalue weighted by Crippen LogP contribution is -2.43. The number of carbonyl (C=O) groups excluding carboxylic acids is 2.